The summed E-state index contributed by atoms with van der Waals surface area (Å²) in [6.45, 7) is 0. The summed E-state index contributed by atoms with van der Waals surface area (Å²) in [4.78, 5) is 0. The number of halogens is 1. The van der Waals surface area contributed by atoms with Gasteiger partial charge in [-0.2, -0.15) is 0 Å². The number of benzene rings is 6. The summed E-state index contributed by atoms with van der Waals surface area (Å²) in [5.74, 6) is 0. The molecule has 6 aromatic rings. The second-order valence-corrected chi connectivity index (χ2v) is 11.0. The molecule has 188 valence electrons. The lowest BCUT2D eigenvalue weighted by atomic mass is 9.65. The van der Waals surface area contributed by atoms with Crippen LogP contribution in [0.5, 0.6) is 0 Å². The Balaban J connectivity index is 1.59. The van der Waals surface area contributed by atoms with Crippen LogP contribution in [0.3, 0.4) is 0 Å². The quantitative estimate of drug-likeness (QED) is 0.134. The lowest BCUT2D eigenvalue weighted by Gasteiger charge is -2.37. The van der Waals surface area contributed by atoms with Gasteiger partial charge in [-0.15, -0.1) is 0 Å². The van der Waals surface area contributed by atoms with E-state index in [4.69, 9.17) is 0 Å². The minimum absolute atomic E-state index is 0.462. The molecule has 0 N–H and O–H groups in total. The van der Waals surface area contributed by atoms with Crippen molar-refractivity contribution in [2.75, 3.05) is 0 Å². The fourth-order valence-electron chi connectivity index (χ4n) is 5.85. The zero-order chi connectivity index (χ0) is 26.5. The molecule has 6 rings (SSSR count). The Morgan fingerprint density at radius 1 is 0.256 bits per heavy atom. The normalized spacial score (nSPS) is 11.7. The van der Waals surface area contributed by atoms with E-state index in [-0.39, 0.29) is 0 Å². The van der Waals surface area contributed by atoms with Gasteiger partial charge in [0.1, 0.15) is 4.32 Å². The van der Waals surface area contributed by atoms with Gasteiger partial charge in [0.05, 0.1) is 5.41 Å². The van der Waals surface area contributed by atoms with Crippen LogP contribution in [-0.2, 0) is 9.74 Å². The average molecular weight is 566 g/mol. The molecule has 0 radical (unpaired) electrons. The van der Waals surface area contributed by atoms with Crippen LogP contribution in [0, 0.1) is 0 Å². The molecule has 0 aliphatic carbocycles. The van der Waals surface area contributed by atoms with Gasteiger partial charge in [-0.3, -0.25) is 0 Å². The van der Waals surface area contributed by atoms with Gasteiger partial charge in [0.15, 0.2) is 0 Å². The molecule has 0 nitrogen and oxygen atoms in total. The smallest absolute Gasteiger partial charge is 0.0696 e. The van der Waals surface area contributed by atoms with Gasteiger partial charge in [-0.05, 0) is 38.9 Å². The van der Waals surface area contributed by atoms with Gasteiger partial charge < -0.3 is 0 Å². The Kier molecular flexibility index (Phi) is 7.00. The van der Waals surface area contributed by atoms with Crippen LogP contribution in [-0.4, -0.2) is 0 Å². The van der Waals surface area contributed by atoms with Crippen molar-refractivity contribution in [2.24, 2.45) is 0 Å². The summed E-state index contributed by atoms with van der Waals surface area (Å²) in [5, 5.41) is 0. The molecule has 0 aromatic heterocycles. The Morgan fingerprint density at radius 2 is 0.462 bits per heavy atom. The monoisotopic (exact) mass is 564 g/mol. The zero-order valence-electron chi connectivity index (χ0n) is 21.6. The van der Waals surface area contributed by atoms with E-state index < -0.39 is 9.74 Å². The molecule has 0 spiro atoms. The Morgan fingerprint density at radius 3 is 0.769 bits per heavy atom. The van der Waals surface area contributed by atoms with Gasteiger partial charge in [-0.1, -0.05) is 192 Å². The van der Waals surface area contributed by atoms with Crippen molar-refractivity contribution in [3.8, 4) is 0 Å². The van der Waals surface area contributed by atoms with Crippen LogP contribution in [0.4, 0.5) is 0 Å². The number of hydrogen-bond acceptors (Lipinski definition) is 0. The van der Waals surface area contributed by atoms with Crippen LogP contribution in [0.25, 0.3) is 0 Å². The average Bonchev–Trinajstić information content (AvgIpc) is 3.04. The molecule has 0 aliphatic rings. The molecule has 0 unspecified atom stereocenters. The number of rotatable bonds is 7. The molecule has 0 saturated heterocycles. The maximum Gasteiger partial charge on any atom is 0.100 e. The van der Waals surface area contributed by atoms with Crippen LogP contribution >= 0.6 is 15.9 Å². The predicted molar refractivity (Wildman–Crippen MR) is 166 cm³/mol. The van der Waals surface area contributed by atoms with Gasteiger partial charge in [0.25, 0.3) is 0 Å². The summed E-state index contributed by atoms with van der Waals surface area (Å²) in [5.41, 5.74) is 8.08. The highest BCUT2D eigenvalue weighted by molar-refractivity contribution is 9.10. The fraction of sp³-hybridized carbons (Fsp3) is 0.0526. The van der Waals surface area contributed by atoms with Gasteiger partial charge >= 0.3 is 0 Å². The van der Waals surface area contributed by atoms with Crippen molar-refractivity contribution in [2.45, 2.75) is 9.74 Å². The molecule has 0 heterocycles. The van der Waals surface area contributed by atoms with Gasteiger partial charge in [0, 0.05) is 0 Å². The van der Waals surface area contributed by atoms with Crippen molar-refractivity contribution >= 4 is 15.9 Å². The summed E-state index contributed by atoms with van der Waals surface area (Å²) in [7, 11) is 0. The van der Waals surface area contributed by atoms with Crippen molar-refractivity contribution in [3.05, 3.63) is 215 Å². The van der Waals surface area contributed by atoms with Crippen LogP contribution in [0.15, 0.2) is 176 Å². The standard InChI is InChI=1S/C38H29Br/c39-38(34-22-12-4-13-23-34,35-24-14-5-15-25-35)36-28-26-33(27-29-36)37(30-16-6-1-7-17-30,31-18-8-2-9-19-31)32-20-10-3-11-21-32/h1-29H. The Hall–Kier alpha value is -4.20. The first-order valence-electron chi connectivity index (χ1n) is 13.3. The van der Waals surface area contributed by atoms with E-state index in [2.05, 4.69) is 192 Å². The fourth-order valence-corrected chi connectivity index (χ4v) is 6.64. The van der Waals surface area contributed by atoms with Crippen LogP contribution in [0.1, 0.15) is 38.9 Å². The Bertz CT molecular complexity index is 1470. The third-order valence-electron chi connectivity index (χ3n) is 7.68. The highest BCUT2D eigenvalue weighted by Gasteiger charge is 2.39. The second-order valence-electron chi connectivity index (χ2n) is 9.82. The summed E-state index contributed by atoms with van der Waals surface area (Å²) in [6, 6.07) is 63.1. The lowest BCUT2D eigenvalue weighted by Crippen LogP contribution is -2.31. The lowest BCUT2D eigenvalue weighted by molar-refractivity contribution is 0.743. The van der Waals surface area contributed by atoms with Crippen molar-refractivity contribution < 1.29 is 0 Å². The topological polar surface area (TPSA) is 0 Å². The summed E-state index contributed by atoms with van der Waals surface area (Å²) in [6.07, 6.45) is 0. The molecule has 0 saturated carbocycles. The first-order valence-corrected chi connectivity index (χ1v) is 14.1. The molecule has 0 fully saturated rings. The summed E-state index contributed by atoms with van der Waals surface area (Å²) >= 11 is 4.22. The van der Waals surface area contributed by atoms with E-state index in [0.717, 1.165) is 0 Å². The highest BCUT2D eigenvalue weighted by Crippen LogP contribution is 2.48. The maximum absolute atomic E-state index is 4.22. The molecular weight excluding hydrogens is 536 g/mol. The minimum Gasteiger partial charge on any atom is -0.0696 e. The van der Waals surface area contributed by atoms with E-state index in [9.17, 15) is 0 Å². The maximum atomic E-state index is 4.22. The van der Waals surface area contributed by atoms with Gasteiger partial charge in [-0.25, -0.2) is 0 Å². The zero-order valence-corrected chi connectivity index (χ0v) is 23.2. The largest absolute Gasteiger partial charge is 0.100 e. The van der Waals surface area contributed by atoms with Crippen LogP contribution in [0.2, 0.25) is 0 Å². The predicted octanol–water partition coefficient (Wildman–Crippen LogP) is 9.76. The van der Waals surface area contributed by atoms with E-state index >= 15 is 0 Å². The van der Waals surface area contributed by atoms with Crippen molar-refractivity contribution in [1.29, 1.82) is 0 Å². The van der Waals surface area contributed by atoms with Crippen LogP contribution < -0.4 is 0 Å². The molecule has 0 aliphatic heterocycles. The van der Waals surface area contributed by atoms with Crippen molar-refractivity contribution in [1.82, 2.24) is 0 Å². The van der Waals surface area contributed by atoms with E-state index in [0.29, 0.717) is 0 Å². The molecular formula is C38H29Br. The molecule has 0 amide bonds. The minimum atomic E-state index is -0.469. The molecule has 0 bridgehead atoms. The molecule has 39 heavy (non-hydrogen) atoms. The first-order chi connectivity index (χ1) is 19.2. The molecule has 6 aromatic carbocycles. The number of hydrogen-bond donors (Lipinski definition) is 0. The Labute approximate surface area is 239 Å². The van der Waals surface area contributed by atoms with Crippen molar-refractivity contribution in [3.63, 3.8) is 0 Å². The van der Waals surface area contributed by atoms with E-state index in [1.165, 1.54) is 38.9 Å². The number of alkyl halides is 1. The third-order valence-corrected chi connectivity index (χ3v) is 9.05. The van der Waals surface area contributed by atoms with E-state index in [1.54, 1.807) is 0 Å². The third kappa shape index (κ3) is 4.43. The second kappa shape index (κ2) is 10.9. The van der Waals surface area contributed by atoms with E-state index in [1.807, 2.05) is 0 Å². The first kappa shape index (κ1) is 25.1. The highest BCUT2D eigenvalue weighted by atomic mass is 79.9. The SMILES string of the molecule is BrC(c1ccccc1)(c1ccccc1)c1ccc(C(c2ccccc2)(c2ccccc2)c2ccccc2)cc1. The molecule has 1 heteroatoms. The molecule has 0 atom stereocenters. The van der Waals surface area contributed by atoms with Gasteiger partial charge in [0.2, 0.25) is 0 Å². The summed E-state index contributed by atoms with van der Waals surface area (Å²) < 4.78 is -0.469.